The highest BCUT2D eigenvalue weighted by molar-refractivity contribution is 7.80. The minimum absolute atomic E-state index is 0.0793. The van der Waals surface area contributed by atoms with Crippen LogP contribution in [0.15, 0.2) is 12.7 Å². The first-order valence-electron chi connectivity index (χ1n) is 6.08. The van der Waals surface area contributed by atoms with E-state index in [4.69, 9.17) is 20.3 Å². The zero-order valence-corrected chi connectivity index (χ0v) is 12.8. The third kappa shape index (κ3) is 4.14. The summed E-state index contributed by atoms with van der Waals surface area (Å²) >= 11 is 4.28. The van der Waals surface area contributed by atoms with E-state index in [0.717, 1.165) is 0 Å². The Morgan fingerprint density at radius 1 is 1.43 bits per heavy atom. The number of nitrogens with zero attached hydrogens (tertiary/aromatic N) is 4. The lowest BCUT2D eigenvalue weighted by Crippen LogP contribution is -2.13. The molecular formula is C10H16N5O4PS. The van der Waals surface area contributed by atoms with Gasteiger partial charge in [-0.15, -0.1) is 0 Å². The van der Waals surface area contributed by atoms with Crippen molar-refractivity contribution in [2.45, 2.75) is 12.5 Å². The minimum atomic E-state index is -4.14. The Hall–Kier alpha value is -1.19. The first kappa shape index (κ1) is 16.2. The number of rotatable bonds is 7. The summed E-state index contributed by atoms with van der Waals surface area (Å²) in [5.74, 6) is 0.795. The van der Waals surface area contributed by atoms with E-state index in [9.17, 15) is 4.57 Å². The third-order valence-corrected chi connectivity index (χ3v) is 3.79. The SMILES string of the molecule is Nc1ncnc2c1ncn2C(CS)CCOCP(=O)(O)O. The van der Waals surface area contributed by atoms with Gasteiger partial charge in [0.1, 0.15) is 18.2 Å². The zero-order chi connectivity index (χ0) is 15.5. The Kier molecular flexibility index (Phi) is 5.17. The van der Waals surface area contributed by atoms with Crippen molar-refractivity contribution in [1.82, 2.24) is 19.5 Å². The van der Waals surface area contributed by atoms with Crippen LogP contribution in [0.1, 0.15) is 12.5 Å². The van der Waals surface area contributed by atoms with Crippen LogP contribution in [0.2, 0.25) is 0 Å². The molecule has 0 saturated carbocycles. The zero-order valence-electron chi connectivity index (χ0n) is 11.0. The van der Waals surface area contributed by atoms with Crippen LogP contribution in [0.3, 0.4) is 0 Å². The molecule has 1 atom stereocenters. The number of ether oxygens (including phenoxy) is 1. The van der Waals surface area contributed by atoms with Gasteiger partial charge in [0.05, 0.1) is 6.33 Å². The van der Waals surface area contributed by atoms with Gasteiger partial charge in [-0.1, -0.05) is 0 Å². The molecule has 4 N–H and O–H groups in total. The lowest BCUT2D eigenvalue weighted by atomic mass is 10.2. The molecule has 0 amide bonds. The van der Waals surface area contributed by atoms with Gasteiger partial charge in [0.15, 0.2) is 11.5 Å². The molecule has 116 valence electrons. The molecule has 0 saturated heterocycles. The molecule has 2 rings (SSSR count). The van der Waals surface area contributed by atoms with Crippen LogP contribution in [-0.2, 0) is 9.30 Å². The molecule has 0 aliphatic heterocycles. The van der Waals surface area contributed by atoms with Crippen LogP contribution in [0, 0.1) is 0 Å². The van der Waals surface area contributed by atoms with E-state index in [1.54, 1.807) is 10.9 Å². The lowest BCUT2D eigenvalue weighted by molar-refractivity contribution is 0.145. The average Bonchev–Trinajstić information content (AvgIpc) is 2.83. The van der Waals surface area contributed by atoms with E-state index in [0.29, 0.717) is 29.2 Å². The smallest absolute Gasteiger partial charge is 0.350 e. The van der Waals surface area contributed by atoms with Crippen molar-refractivity contribution in [2.24, 2.45) is 0 Å². The van der Waals surface area contributed by atoms with Gasteiger partial charge in [0.2, 0.25) is 0 Å². The fourth-order valence-corrected chi connectivity index (χ4v) is 2.58. The quantitative estimate of drug-likeness (QED) is 0.325. The standard InChI is InChI=1S/C10H16N5O4PS/c11-9-8-10(13-4-12-9)15(5-14-8)7(3-21)1-2-19-6-20(16,17)18/h4-5,7,21H,1-3,6H2,(H2,11,12,13)(H2,16,17,18). The van der Waals surface area contributed by atoms with Crippen molar-refractivity contribution in [3.05, 3.63) is 12.7 Å². The summed E-state index contributed by atoms with van der Waals surface area (Å²) in [7, 11) is -4.14. The maximum atomic E-state index is 10.7. The number of fused-ring (bicyclic) bond motifs is 1. The highest BCUT2D eigenvalue weighted by atomic mass is 32.1. The highest BCUT2D eigenvalue weighted by Crippen LogP contribution is 2.34. The van der Waals surface area contributed by atoms with Crippen LogP contribution in [0.4, 0.5) is 5.82 Å². The van der Waals surface area contributed by atoms with E-state index in [2.05, 4.69) is 27.6 Å². The first-order valence-corrected chi connectivity index (χ1v) is 8.51. The van der Waals surface area contributed by atoms with Gasteiger partial charge in [-0.05, 0) is 6.42 Å². The Bertz CT molecular complexity index is 660. The second kappa shape index (κ2) is 6.71. The summed E-state index contributed by atoms with van der Waals surface area (Å²) in [6, 6.07) is -0.0793. The van der Waals surface area contributed by atoms with Crippen molar-refractivity contribution in [1.29, 1.82) is 0 Å². The van der Waals surface area contributed by atoms with Crippen LogP contribution >= 0.6 is 20.2 Å². The van der Waals surface area contributed by atoms with Crippen LogP contribution in [0.5, 0.6) is 0 Å². The van der Waals surface area contributed by atoms with Gasteiger partial charge < -0.3 is 24.8 Å². The molecule has 0 aromatic carbocycles. The molecule has 0 aliphatic rings. The number of imidazole rings is 1. The van der Waals surface area contributed by atoms with E-state index in [1.165, 1.54) is 6.33 Å². The molecule has 0 radical (unpaired) electrons. The number of aromatic nitrogens is 4. The molecule has 21 heavy (non-hydrogen) atoms. The number of nitrogens with two attached hydrogens (primary N) is 1. The normalized spacial score (nSPS) is 13.7. The van der Waals surface area contributed by atoms with Crippen molar-refractivity contribution in [2.75, 3.05) is 24.4 Å². The highest BCUT2D eigenvalue weighted by Gasteiger charge is 2.17. The molecule has 0 spiro atoms. The number of nitrogen functional groups attached to an aromatic ring is 1. The van der Waals surface area contributed by atoms with Gasteiger partial charge in [0.25, 0.3) is 0 Å². The third-order valence-electron chi connectivity index (χ3n) is 2.85. The first-order chi connectivity index (χ1) is 9.92. The fourth-order valence-electron chi connectivity index (χ4n) is 1.86. The summed E-state index contributed by atoms with van der Waals surface area (Å²) in [6.07, 6.45) is 2.88. The van der Waals surface area contributed by atoms with Gasteiger partial charge in [0, 0.05) is 18.4 Å². The monoisotopic (exact) mass is 333 g/mol. The Balaban J connectivity index is 2.06. The van der Waals surface area contributed by atoms with Crippen molar-refractivity contribution < 1.29 is 19.1 Å². The van der Waals surface area contributed by atoms with Gasteiger partial charge >= 0.3 is 7.60 Å². The molecule has 1 unspecified atom stereocenters. The second-order valence-electron chi connectivity index (χ2n) is 4.41. The Morgan fingerprint density at radius 2 is 2.19 bits per heavy atom. The molecule has 11 heteroatoms. The van der Waals surface area contributed by atoms with Crippen LogP contribution < -0.4 is 5.73 Å². The maximum absolute atomic E-state index is 10.7. The molecule has 2 aromatic heterocycles. The van der Waals surface area contributed by atoms with Crippen LogP contribution in [0.25, 0.3) is 11.2 Å². The van der Waals surface area contributed by atoms with Crippen LogP contribution in [-0.4, -0.2) is 48.0 Å². The average molecular weight is 333 g/mol. The topological polar surface area (TPSA) is 136 Å². The van der Waals surface area contributed by atoms with Gasteiger partial charge in [-0.2, -0.15) is 12.6 Å². The van der Waals surface area contributed by atoms with E-state index in [-0.39, 0.29) is 12.6 Å². The van der Waals surface area contributed by atoms with E-state index in [1.807, 2.05) is 0 Å². The summed E-state index contributed by atoms with van der Waals surface area (Å²) in [5, 5.41) is 0. The Labute approximate surface area is 126 Å². The number of thiol groups is 1. The number of hydrogen-bond donors (Lipinski definition) is 4. The summed E-state index contributed by atoms with van der Waals surface area (Å²) in [4.78, 5) is 29.6. The molecule has 0 fully saturated rings. The molecule has 9 nitrogen and oxygen atoms in total. The predicted octanol–water partition coefficient (Wildman–Crippen LogP) is 0.421. The summed E-state index contributed by atoms with van der Waals surface area (Å²) in [5.41, 5.74) is 6.83. The van der Waals surface area contributed by atoms with Gasteiger partial charge in [-0.3, -0.25) is 4.57 Å². The largest absolute Gasteiger partial charge is 0.382 e. The molecular weight excluding hydrogens is 317 g/mol. The predicted molar refractivity (Wildman–Crippen MR) is 80.1 cm³/mol. The molecule has 0 aliphatic carbocycles. The Morgan fingerprint density at radius 3 is 2.86 bits per heavy atom. The molecule has 2 heterocycles. The maximum Gasteiger partial charge on any atom is 0.350 e. The van der Waals surface area contributed by atoms with E-state index >= 15 is 0 Å². The second-order valence-corrected chi connectivity index (χ2v) is 6.36. The lowest BCUT2D eigenvalue weighted by Gasteiger charge is -2.16. The van der Waals surface area contributed by atoms with E-state index < -0.39 is 13.9 Å². The number of anilines is 1. The fraction of sp³-hybridized carbons (Fsp3) is 0.500. The minimum Gasteiger partial charge on any atom is -0.382 e. The summed E-state index contributed by atoms with van der Waals surface area (Å²) in [6.45, 7) is 0.191. The van der Waals surface area contributed by atoms with Crippen molar-refractivity contribution in [3.63, 3.8) is 0 Å². The number of hydrogen-bond acceptors (Lipinski definition) is 7. The summed E-state index contributed by atoms with van der Waals surface area (Å²) < 4.78 is 17.5. The van der Waals surface area contributed by atoms with Crippen molar-refractivity contribution >= 4 is 37.2 Å². The van der Waals surface area contributed by atoms with Gasteiger partial charge in [-0.25, -0.2) is 15.0 Å². The molecule has 0 bridgehead atoms. The van der Waals surface area contributed by atoms with Crippen molar-refractivity contribution in [3.8, 4) is 0 Å². The molecule has 2 aromatic rings.